The number of aliphatic carboxylic acids is 1. The van der Waals surface area contributed by atoms with Gasteiger partial charge in [-0.1, -0.05) is 17.7 Å². The van der Waals surface area contributed by atoms with E-state index in [1.165, 1.54) is 16.8 Å². The first-order valence-corrected chi connectivity index (χ1v) is 8.77. The summed E-state index contributed by atoms with van der Waals surface area (Å²) in [6.45, 7) is 0.836. The second kappa shape index (κ2) is 7.86. The molecular formula is C18H19ClFN3O3. The molecule has 0 saturated carbocycles. The van der Waals surface area contributed by atoms with Crippen LogP contribution in [0.5, 0.6) is 0 Å². The standard InChI is InChI=1S/C18H19ClFN3O3/c19-14-4-1-5-15(20)13(14)9-17(24)22-8-2-3-12(10-22)16-6-7-21-23(16)11-18(25)26/h1,4-7,12H,2-3,8-11H2,(H,25,26)/t12-/m1/s1. The molecular weight excluding hydrogens is 361 g/mol. The molecule has 1 amide bonds. The molecule has 0 spiro atoms. The van der Waals surface area contributed by atoms with E-state index in [0.29, 0.717) is 13.1 Å². The van der Waals surface area contributed by atoms with Gasteiger partial charge in [0.15, 0.2) is 0 Å². The number of benzene rings is 1. The number of carboxylic acids is 1. The molecule has 6 nitrogen and oxygen atoms in total. The molecule has 1 aliphatic rings. The molecule has 1 atom stereocenters. The molecule has 0 unspecified atom stereocenters. The molecule has 0 aliphatic carbocycles. The minimum atomic E-state index is -0.965. The van der Waals surface area contributed by atoms with Crippen LogP contribution in [-0.4, -0.2) is 44.8 Å². The van der Waals surface area contributed by atoms with Gasteiger partial charge in [0.1, 0.15) is 12.4 Å². The second-order valence-electron chi connectivity index (χ2n) is 6.36. The van der Waals surface area contributed by atoms with E-state index in [1.54, 1.807) is 23.2 Å². The highest BCUT2D eigenvalue weighted by Crippen LogP contribution is 2.28. The average Bonchev–Trinajstić information content (AvgIpc) is 3.05. The molecule has 2 aromatic rings. The molecule has 1 aromatic heterocycles. The van der Waals surface area contributed by atoms with Gasteiger partial charge >= 0.3 is 5.97 Å². The molecule has 2 heterocycles. The van der Waals surface area contributed by atoms with Crippen LogP contribution < -0.4 is 0 Å². The lowest BCUT2D eigenvalue weighted by molar-refractivity contribution is -0.138. The topological polar surface area (TPSA) is 75.4 Å². The largest absolute Gasteiger partial charge is 0.480 e. The number of amides is 1. The van der Waals surface area contributed by atoms with E-state index >= 15 is 0 Å². The van der Waals surface area contributed by atoms with Crippen LogP contribution in [0.25, 0.3) is 0 Å². The zero-order chi connectivity index (χ0) is 18.7. The number of likely N-dealkylation sites (tertiary alicyclic amines) is 1. The van der Waals surface area contributed by atoms with Crippen LogP contribution in [0.2, 0.25) is 5.02 Å². The van der Waals surface area contributed by atoms with E-state index in [-0.39, 0.29) is 35.4 Å². The number of piperidine rings is 1. The summed E-state index contributed by atoms with van der Waals surface area (Å²) in [5.41, 5.74) is 1.01. The number of rotatable bonds is 5. The Kier molecular flexibility index (Phi) is 5.56. The number of hydrogen-bond acceptors (Lipinski definition) is 3. The lowest BCUT2D eigenvalue weighted by Gasteiger charge is -2.33. The molecule has 1 aliphatic heterocycles. The van der Waals surface area contributed by atoms with Gasteiger partial charge in [0.25, 0.3) is 0 Å². The van der Waals surface area contributed by atoms with E-state index in [0.717, 1.165) is 18.5 Å². The van der Waals surface area contributed by atoms with Gasteiger partial charge in [-0.15, -0.1) is 0 Å². The van der Waals surface area contributed by atoms with Gasteiger partial charge in [-0.3, -0.25) is 14.3 Å². The summed E-state index contributed by atoms with van der Waals surface area (Å²) in [5.74, 6) is -1.64. The Labute approximate surface area is 155 Å². The third kappa shape index (κ3) is 4.04. The Hall–Kier alpha value is -2.41. The van der Waals surface area contributed by atoms with Crippen molar-refractivity contribution in [1.29, 1.82) is 0 Å². The van der Waals surface area contributed by atoms with E-state index in [2.05, 4.69) is 5.10 Å². The zero-order valence-electron chi connectivity index (χ0n) is 14.1. The Morgan fingerprint density at radius 2 is 2.15 bits per heavy atom. The minimum absolute atomic E-state index is 0.00522. The number of carbonyl (C=O) groups is 2. The third-order valence-electron chi connectivity index (χ3n) is 4.62. The van der Waals surface area contributed by atoms with E-state index in [4.69, 9.17) is 16.7 Å². The Balaban J connectivity index is 1.71. The quantitative estimate of drug-likeness (QED) is 0.866. The van der Waals surface area contributed by atoms with E-state index in [1.807, 2.05) is 0 Å². The first-order chi connectivity index (χ1) is 12.5. The normalized spacial score (nSPS) is 17.3. The fraction of sp³-hybridized carbons (Fsp3) is 0.389. The number of hydrogen-bond donors (Lipinski definition) is 1. The molecule has 1 N–H and O–H groups in total. The van der Waals surface area contributed by atoms with Crippen molar-refractivity contribution in [3.05, 3.63) is 52.6 Å². The van der Waals surface area contributed by atoms with Crippen LogP contribution in [0.3, 0.4) is 0 Å². The molecule has 1 saturated heterocycles. The number of carboxylic acid groups (broad SMARTS) is 1. The number of halogens is 2. The van der Waals surface area contributed by atoms with Gasteiger partial charge < -0.3 is 10.0 Å². The molecule has 3 rings (SSSR count). The smallest absolute Gasteiger partial charge is 0.325 e. The Morgan fingerprint density at radius 3 is 2.88 bits per heavy atom. The van der Waals surface area contributed by atoms with Crippen LogP contribution in [0, 0.1) is 5.82 Å². The fourth-order valence-electron chi connectivity index (χ4n) is 3.36. The minimum Gasteiger partial charge on any atom is -0.480 e. The van der Waals surface area contributed by atoms with Gasteiger partial charge in [0.2, 0.25) is 5.91 Å². The van der Waals surface area contributed by atoms with Crippen LogP contribution in [0.15, 0.2) is 30.5 Å². The monoisotopic (exact) mass is 379 g/mol. The Bertz CT molecular complexity index is 804. The van der Waals surface area contributed by atoms with E-state index < -0.39 is 11.8 Å². The molecule has 0 radical (unpaired) electrons. The average molecular weight is 380 g/mol. The number of nitrogens with zero attached hydrogens (tertiary/aromatic N) is 3. The Morgan fingerprint density at radius 1 is 1.35 bits per heavy atom. The van der Waals surface area contributed by atoms with Gasteiger partial charge in [-0.05, 0) is 31.0 Å². The van der Waals surface area contributed by atoms with Crippen molar-refractivity contribution < 1.29 is 19.1 Å². The van der Waals surface area contributed by atoms with Gasteiger partial charge in [0, 0.05) is 41.5 Å². The van der Waals surface area contributed by atoms with Crippen molar-refractivity contribution in [3.8, 4) is 0 Å². The summed E-state index contributed by atoms with van der Waals surface area (Å²) < 4.78 is 15.4. The number of carbonyl (C=O) groups excluding carboxylic acids is 1. The number of aromatic nitrogens is 2. The molecule has 0 bridgehead atoms. The summed E-state index contributed by atoms with van der Waals surface area (Å²) in [5, 5.41) is 13.3. The van der Waals surface area contributed by atoms with Gasteiger partial charge in [-0.2, -0.15) is 5.10 Å². The maximum absolute atomic E-state index is 13.9. The zero-order valence-corrected chi connectivity index (χ0v) is 14.8. The van der Waals surface area contributed by atoms with Crippen molar-refractivity contribution in [2.45, 2.75) is 31.7 Å². The van der Waals surface area contributed by atoms with Crippen LogP contribution in [-0.2, 0) is 22.6 Å². The van der Waals surface area contributed by atoms with Crippen molar-refractivity contribution >= 4 is 23.5 Å². The van der Waals surface area contributed by atoms with Crippen molar-refractivity contribution in [2.75, 3.05) is 13.1 Å². The van der Waals surface area contributed by atoms with Gasteiger partial charge in [0.05, 0.1) is 6.42 Å². The molecule has 138 valence electrons. The summed E-state index contributed by atoms with van der Waals surface area (Å²) in [7, 11) is 0. The van der Waals surface area contributed by atoms with Crippen LogP contribution in [0.4, 0.5) is 4.39 Å². The SMILES string of the molecule is O=C(O)Cn1nccc1[C@@H]1CCCN(C(=O)Cc2c(F)cccc2Cl)C1. The highest BCUT2D eigenvalue weighted by Gasteiger charge is 2.28. The summed E-state index contributed by atoms with van der Waals surface area (Å²) in [6, 6.07) is 6.15. The lowest BCUT2D eigenvalue weighted by atomic mass is 9.94. The maximum atomic E-state index is 13.9. The highest BCUT2D eigenvalue weighted by molar-refractivity contribution is 6.31. The molecule has 26 heavy (non-hydrogen) atoms. The molecule has 1 aromatic carbocycles. The highest BCUT2D eigenvalue weighted by atomic mass is 35.5. The lowest BCUT2D eigenvalue weighted by Crippen LogP contribution is -2.40. The van der Waals surface area contributed by atoms with E-state index in [9.17, 15) is 14.0 Å². The second-order valence-corrected chi connectivity index (χ2v) is 6.77. The summed E-state index contributed by atoms with van der Waals surface area (Å²) in [6.07, 6.45) is 3.11. The first kappa shape index (κ1) is 18.4. The summed E-state index contributed by atoms with van der Waals surface area (Å²) in [4.78, 5) is 25.3. The summed E-state index contributed by atoms with van der Waals surface area (Å²) >= 11 is 6.01. The molecule has 8 heteroatoms. The predicted molar refractivity (Wildman–Crippen MR) is 93.5 cm³/mol. The van der Waals surface area contributed by atoms with Crippen LogP contribution in [0.1, 0.15) is 30.0 Å². The molecule has 1 fully saturated rings. The van der Waals surface area contributed by atoms with Crippen molar-refractivity contribution in [2.24, 2.45) is 0 Å². The fourth-order valence-corrected chi connectivity index (χ4v) is 3.59. The van der Waals surface area contributed by atoms with Crippen LogP contribution >= 0.6 is 11.6 Å². The first-order valence-electron chi connectivity index (χ1n) is 8.40. The van der Waals surface area contributed by atoms with Gasteiger partial charge in [-0.25, -0.2) is 4.39 Å². The maximum Gasteiger partial charge on any atom is 0.325 e. The predicted octanol–water partition coefficient (Wildman–Crippen LogP) is 2.71. The van der Waals surface area contributed by atoms with Crippen molar-refractivity contribution in [1.82, 2.24) is 14.7 Å². The third-order valence-corrected chi connectivity index (χ3v) is 4.97. The van der Waals surface area contributed by atoms with Crippen molar-refractivity contribution in [3.63, 3.8) is 0 Å².